The quantitative estimate of drug-likeness (QED) is 0.575. The zero-order valence-electron chi connectivity index (χ0n) is 14.4. The zero-order chi connectivity index (χ0) is 18.2. The summed E-state index contributed by atoms with van der Waals surface area (Å²) in [5, 5.41) is 24.9. The predicted molar refractivity (Wildman–Crippen MR) is 99.8 cm³/mol. The third-order valence-electron chi connectivity index (χ3n) is 5.01. The summed E-state index contributed by atoms with van der Waals surface area (Å²) in [4.78, 5) is 4.55. The summed E-state index contributed by atoms with van der Waals surface area (Å²) in [5.41, 5.74) is 6.43. The maximum absolute atomic E-state index is 9.10. The van der Waals surface area contributed by atoms with Gasteiger partial charge in [-0.25, -0.2) is 0 Å². The van der Waals surface area contributed by atoms with E-state index in [1.165, 1.54) is 0 Å². The normalized spacial score (nSPS) is 16.0. The lowest BCUT2D eigenvalue weighted by Gasteiger charge is -2.26. The molecular weight excluding hydrogens is 340 g/mol. The first-order valence-corrected chi connectivity index (χ1v) is 8.85. The van der Waals surface area contributed by atoms with Crippen LogP contribution in [0.2, 0.25) is 0 Å². The van der Waals surface area contributed by atoms with E-state index in [4.69, 9.17) is 9.78 Å². The molecule has 5 rings (SSSR count). The van der Waals surface area contributed by atoms with Gasteiger partial charge in [-0.3, -0.25) is 10.1 Å². The number of hydrogen-bond acceptors (Lipinski definition) is 6. The Morgan fingerprint density at radius 1 is 1.26 bits per heavy atom. The maximum Gasteiger partial charge on any atom is 0.133 e. The number of rotatable bonds is 3. The van der Waals surface area contributed by atoms with E-state index in [1.54, 1.807) is 18.7 Å². The van der Waals surface area contributed by atoms with Gasteiger partial charge < -0.3 is 9.84 Å². The number of hydrogen-bond donors (Lipinski definition) is 2. The van der Waals surface area contributed by atoms with Gasteiger partial charge in [0.1, 0.15) is 18.0 Å². The molecule has 0 saturated carbocycles. The van der Waals surface area contributed by atoms with Crippen molar-refractivity contribution in [1.82, 2.24) is 20.3 Å². The van der Waals surface area contributed by atoms with Gasteiger partial charge in [-0.2, -0.15) is 10.4 Å². The Balaban J connectivity index is 1.49. The van der Waals surface area contributed by atoms with Gasteiger partial charge in [0.2, 0.25) is 0 Å². The molecular formula is C20H16N6O. The highest BCUT2D eigenvalue weighted by Gasteiger charge is 2.22. The molecule has 0 fully saturated rings. The number of anilines is 1. The Bertz CT molecular complexity index is 1160. The minimum Gasteiger partial charge on any atom is -0.377 e. The van der Waals surface area contributed by atoms with Crippen molar-refractivity contribution < 1.29 is 4.52 Å². The number of nitriles is 1. The van der Waals surface area contributed by atoms with Crippen molar-refractivity contribution in [3.8, 4) is 17.3 Å². The number of H-pyrrole nitrogens is 1. The van der Waals surface area contributed by atoms with Crippen LogP contribution in [0.15, 0.2) is 47.4 Å². The molecule has 27 heavy (non-hydrogen) atoms. The smallest absolute Gasteiger partial charge is 0.133 e. The van der Waals surface area contributed by atoms with Gasteiger partial charge in [0, 0.05) is 17.3 Å². The van der Waals surface area contributed by atoms with Gasteiger partial charge in [-0.1, -0.05) is 5.16 Å². The molecule has 0 spiro atoms. The third kappa shape index (κ3) is 2.72. The number of aryl methyl sites for hydroxylation is 1. The molecule has 0 unspecified atom stereocenters. The first kappa shape index (κ1) is 15.6. The highest BCUT2D eigenvalue weighted by molar-refractivity contribution is 5.94. The van der Waals surface area contributed by atoms with E-state index in [0.717, 1.165) is 58.4 Å². The van der Waals surface area contributed by atoms with Crippen molar-refractivity contribution in [2.24, 2.45) is 0 Å². The van der Waals surface area contributed by atoms with Gasteiger partial charge >= 0.3 is 0 Å². The zero-order valence-corrected chi connectivity index (χ0v) is 14.4. The first-order chi connectivity index (χ1) is 13.3. The minimum absolute atomic E-state index is 0.130. The van der Waals surface area contributed by atoms with Gasteiger partial charge in [0.05, 0.1) is 34.6 Å². The van der Waals surface area contributed by atoms with Gasteiger partial charge in [-0.05, 0) is 49.1 Å². The van der Waals surface area contributed by atoms with Crippen molar-refractivity contribution in [1.29, 1.82) is 5.26 Å². The Labute approximate surface area is 155 Å². The lowest BCUT2D eigenvalue weighted by molar-refractivity contribution is 0.420. The fraction of sp³-hybridized carbons (Fsp3) is 0.200. The van der Waals surface area contributed by atoms with E-state index >= 15 is 0 Å². The van der Waals surface area contributed by atoms with E-state index in [0.29, 0.717) is 5.56 Å². The molecule has 7 heteroatoms. The number of pyridine rings is 1. The number of fused-ring (bicyclic) bond motifs is 2. The van der Waals surface area contributed by atoms with Crippen molar-refractivity contribution in [3.63, 3.8) is 0 Å². The van der Waals surface area contributed by atoms with Crippen molar-refractivity contribution >= 4 is 16.6 Å². The summed E-state index contributed by atoms with van der Waals surface area (Å²) in [6, 6.07) is 10.4. The summed E-state index contributed by atoms with van der Waals surface area (Å²) < 4.78 is 4.95. The van der Waals surface area contributed by atoms with Crippen LogP contribution in [0.5, 0.6) is 0 Å². The van der Waals surface area contributed by atoms with E-state index < -0.39 is 0 Å². The van der Waals surface area contributed by atoms with Crippen molar-refractivity contribution in [3.05, 3.63) is 59.7 Å². The summed E-state index contributed by atoms with van der Waals surface area (Å²) >= 11 is 0. The molecule has 0 aliphatic heterocycles. The average Bonchev–Trinajstić information content (AvgIpc) is 3.37. The molecule has 3 aromatic heterocycles. The molecule has 0 radical (unpaired) electrons. The van der Waals surface area contributed by atoms with Crippen LogP contribution in [0.1, 0.15) is 35.7 Å². The summed E-state index contributed by atoms with van der Waals surface area (Å²) in [6.07, 6.45) is 7.94. The SMILES string of the molecule is N#Cc1cnc2c(c1)CCC[C@H]2Nc1ccc2[nH]nc(-c3cnoc3)c2c1. The van der Waals surface area contributed by atoms with Crippen molar-refractivity contribution in [2.75, 3.05) is 5.32 Å². The molecule has 0 bridgehead atoms. The van der Waals surface area contributed by atoms with E-state index in [2.05, 4.69) is 37.8 Å². The monoisotopic (exact) mass is 356 g/mol. The predicted octanol–water partition coefficient (Wildman–Crippen LogP) is 3.97. The second kappa shape index (κ2) is 6.25. The number of benzene rings is 1. The minimum atomic E-state index is 0.130. The Morgan fingerprint density at radius 3 is 3.07 bits per heavy atom. The molecule has 1 atom stereocenters. The Hall–Kier alpha value is -3.66. The number of nitrogens with one attached hydrogen (secondary N) is 2. The van der Waals surface area contributed by atoms with E-state index in [9.17, 15) is 0 Å². The van der Waals surface area contributed by atoms with Crippen LogP contribution in [-0.2, 0) is 6.42 Å². The molecule has 1 aliphatic rings. The molecule has 2 N–H and O–H groups in total. The fourth-order valence-electron chi connectivity index (χ4n) is 3.72. The van der Waals surface area contributed by atoms with Crippen LogP contribution in [0.25, 0.3) is 22.2 Å². The lowest BCUT2D eigenvalue weighted by Crippen LogP contribution is -2.19. The van der Waals surface area contributed by atoms with Crippen LogP contribution in [0.3, 0.4) is 0 Å². The number of nitrogens with zero attached hydrogens (tertiary/aromatic N) is 4. The standard InChI is InChI=1S/C20H16N6O/c21-8-12-6-13-2-1-3-18(20(13)22-9-12)24-15-4-5-17-16(7-15)19(26-25-17)14-10-23-27-11-14/h4-7,9-11,18,24H,1-3H2,(H,25,26)/t18-/m1/s1. The molecule has 3 heterocycles. The highest BCUT2D eigenvalue weighted by atomic mass is 16.5. The van der Waals surface area contributed by atoms with Crippen molar-refractivity contribution in [2.45, 2.75) is 25.3 Å². The second-order valence-corrected chi connectivity index (χ2v) is 6.71. The second-order valence-electron chi connectivity index (χ2n) is 6.71. The summed E-state index contributed by atoms with van der Waals surface area (Å²) in [6.45, 7) is 0. The first-order valence-electron chi connectivity index (χ1n) is 8.85. The van der Waals surface area contributed by atoms with Crippen LogP contribution in [0.4, 0.5) is 5.69 Å². The van der Waals surface area contributed by atoms with Gasteiger partial charge in [0.15, 0.2) is 0 Å². The summed E-state index contributed by atoms with van der Waals surface area (Å²) in [7, 11) is 0. The average molecular weight is 356 g/mol. The van der Waals surface area contributed by atoms with E-state index in [-0.39, 0.29) is 6.04 Å². The highest BCUT2D eigenvalue weighted by Crippen LogP contribution is 2.33. The molecule has 132 valence electrons. The number of aromatic amines is 1. The summed E-state index contributed by atoms with van der Waals surface area (Å²) in [5.74, 6) is 0. The van der Waals surface area contributed by atoms with Gasteiger partial charge in [0.25, 0.3) is 0 Å². The molecule has 1 aromatic carbocycles. The topological polar surface area (TPSA) is 103 Å². The van der Waals surface area contributed by atoms with E-state index in [1.807, 2.05) is 18.2 Å². The largest absolute Gasteiger partial charge is 0.377 e. The van der Waals surface area contributed by atoms with Gasteiger partial charge in [-0.15, -0.1) is 0 Å². The van der Waals surface area contributed by atoms with Crippen LogP contribution in [-0.4, -0.2) is 20.3 Å². The lowest BCUT2D eigenvalue weighted by atomic mass is 9.91. The third-order valence-corrected chi connectivity index (χ3v) is 5.01. The Morgan fingerprint density at radius 2 is 2.22 bits per heavy atom. The van der Waals surface area contributed by atoms with Crippen LogP contribution < -0.4 is 5.32 Å². The maximum atomic E-state index is 9.10. The van der Waals surface area contributed by atoms with Crippen LogP contribution >= 0.6 is 0 Å². The molecule has 1 aliphatic carbocycles. The Kier molecular flexibility index (Phi) is 3.61. The molecule has 4 aromatic rings. The number of aromatic nitrogens is 4. The molecule has 7 nitrogen and oxygen atoms in total. The van der Waals surface area contributed by atoms with Crippen LogP contribution in [0, 0.1) is 11.3 Å². The molecule has 0 saturated heterocycles. The molecule has 0 amide bonds. The fourth-order valence-corrected chi connectivity index (χ4v) is 3.72.